The maximum Gasteiger partial charge on any atom is 0.371 e. The molecule has 4 rings (SSSR count). The van der Waals surface area contributed by atoms with Crippen molar-refractivity contribution in [2.45, 2.75) is 84.1 Å². The Bertz CT molecular complexity index is 1250. The van der Waals surface area contributed by atoms with Gasteiger partial charge >= 0.3 is 5.97 Å². The number of hydrogen-bond acceptors (Lipinski definition) is 4. The van der Waals surface area contributed by atoms with Gasteiger partial charge in [-0.2, -0.15) is 0 Å². The molecule has 5 nitrogen and oxygen atoms in total. The van der Waals surface area contributed by atoms with Crippen LogP contribution in [0, 0.1) is 0 Å². The highest BCUT2D eigenvalue weighted by Gasteiger charge is 2.37. The molecule has 0 fully saturated rings. The van der Waals surface area contributed by atoms with Crippen LogP contribution in [0.4, 0.5) is 0 Å². The van der Waals surface area contributed by atoms with Crippen LogP contribution < -0.4 is 10.1 Å². The zero-order valence-corrected chi connectivity index (χ0v) is 23.1. The van der Waals surface area contributed by atoms with E-state index < -0.39 is 5.97 Å². The van der Waals surface area contributed by atoms with Gasteiger partial charge in [-0.1, -0.05) is 65.8 Å². The SMILES string of the molecule is CC(C)NCCCCOc1ccc(-c2coc(C(=O)O)c2)cc1-c1ccc2c(c1)C(C)(C)CCC2(C)C. The van der Waals surface area contributed by atoms with Crippen molar-refractivity contribution in [1.29, 1.82) is 0 Å². The van der Waals surface area contributed by atoms with Gasteiger partial charge in [-0.05, 0) is 83.5 Å². The summed E-state index contributed by atoms with van der Waals surface area (Å²) in [5.74, 6) is -0.294. The molecule has 198 valence electrons. The quantitative estimate of drug-likeness (QED) is 0.276. The molecule has 0 unspecified atom stereocenters. The number of nitrogens with one attached hydrogen (secondary N) is 1. The molecular formula is C32H41NO4. The summed E-state index contributed by atoms with van der Waals surface area (Å²) in [7, 11) is 0. The Hall–Kier alpha value is -3.05. The predicted molar refractivity (Wildman–Crippen MR) is 150 cm³/mol. The third kappa shape index (κ3) is 6.10. The molecule has 2 aromatic carbocycles. The van der Waals surface area contributed by atoms with Crippen molar-refractivity contribution < 1.29 is 19.1 Å². The maximum atomic E-state index is 11.4. The summed E-state index contributed by atoms with van der Waals surface area (Å²) in [4.78, 5) is 11.4. The molecule has 0 saturated carbocycles. The number of benzene rings is 2. The molecule has 2 N–H and O–H groups in total. The van der Waals surface area contributed by atoms with Crippen LogP contribution in [0.25, 0.3) is 22.3 Å². The third-order valence-corrected chi connectivity index (χ3v) is 7.67. The Morgan fingerprint density at radius 3 is 2.32 bits per heavy atom. The lowest BCUT2D eigenvalue weighted by molar-refractivity contribution is 0.0662. The largest absolute Gasteiger partial charge is 0.493 e. The second kappa shape index (κ2) is 10.7. The minimum Gasteiger partial charge on any atom is -0.493 e. The Kier molecular flexibility index (Phi) is 7.84. The first-order valence-corrected chi connectivity index (χ1v) is 13.5. The van der Waals surface area contributed by atoms with Crippen molar-refractivity contribution in [2.75, 3.05) is 13.2 Å². The average molecular weight is 504 g/mol. The second-order valence-electron chi connectivity index (χ2n) is 11.9. The van der Waals surface area contributed by atoms with Gasteiger partial charge in [0.2, 0.25) is 5.76 Å². The zero-order valence-electron chi connectivity index (χ0n) is 23.1. The van der Waals surface area contributed by atoms with Gasteiger partial charge in [0.1, 0.15) is 5.75 Å². The molecule has 1 aromatic heterocycles. The molecule has 0 bridgehead atoms. The predicted octanol–water partition coefficient (Wildman–Crippen LogP) is 7.82. The number of aromatic carboxylic acids is 1. The Morgan fingerprint density at radius 2 is 1.65 bits per heavy atom. The number of carboxylic acid groups (broad SMARTS) is 1. The summed E-state index contributed by atoms with van der Waals surface area (Å²) in [5, 5.41) is 12.8. The highest BCUT2D eigenvalue weighted by molar-refractivity contribution is 5.87. The molecule has 1 heterocycles. The van der Waals surface area contributed by atoms with Crippen molar-refractivity contribution in [2.24, 2.45) is 0 Å². The van der Waals surface area contributed by atoms with Crippen LogP contribution in [0.3, 0.4) is 0 Å². The first-order chi connectivity index (χ1) is 17.5. The van der Waals surface area contributed by atoms with Crippen LogP contribution in [0.15, 0.2) is 53.1 Å². The molecule has 1 aliphatic rings. The zero-order chi connectivity index (χ0) is 26.8. The van der Waals surface area contributed by atoms with E-state index in [0.717, 1.165) is 53.8 Å². The van der Waals surface area contributed by atoms with Crippen LogP contribution in [0.5, 0.6) is 5.75 Å². The Balaban J connectivity index is 1.69. The van der Waals surface area contributed by atoms with E-state index in [1.54, 1.807) is 6.07 Å². The van der Waals surface area contributed by atoms with E-state index in [9.17, 15) is 9.90 Å². The Morgan fingerprint density at radius 1 is 0.946 bits per heavy atom. The van der Waals surface area contributed by atoms with Crippen LogP contribution in [-0.2, 0) is 10.8 Å². The number of ether oxygens (including phenoxy) is 1. The molecule has 0 atom stereocenters. The van der Waals surface area contributed by atoms with Crippen molar-refractivity contribution >= 4 is 5.97 Å². The van der Waals surface area contributed by atoms with E-state index in [4.69, 9.17) is 9.15 Å². The van der Waals surface area contributed by atoms with Gasteiger partial charge in [-0.25, -0.2) is 4.79 Å². The maximum absolute atomic E-state index is 11.4. The monoisotopic (exact) mass is 503 g/mol. The summed E-state index contributed by atoms with van der Waals surface area (Å²) in [6.45, 7) is 15.3. The molecule has 0 aliphatic heterocycles. The van der Waals surface area contributed by atoms with E-state index in [-0.39, 0.29) is 16.6 Å². The van der Waals surface area contributed by atoms with E-state index in [1.165, 1.54) is 23.8 Å². The normalized spacial score (nSPS) is 16.0. The number of carbonyl (C=O) groups is 1. The fourth-order valence-electron chi connectivity index (χ4n) is 5.22. The summed E-state index contributed by atoms with van der Waals surface area (Å²) >= 11 is 0. The number of rotatable bonds is 10. The van der Waals surface area contributed by atoms with Crippen LogP contribution in [0.2, 0.25) is 0 Å². The van der Waals surface area contributed by atoms with Gasteiger partial charge in [0.05, 0.1) is 12.9 Å². The van der Waals surface area contributed by atoms with E-state index >= 15 is 0 Å². The minimum absolute atomic E-state index is 0.0651. The molecule has 5 heteroatoms. The number of unbranched alkanes of at least 4 members (excludes halogenated alkanes) is 1. The van der Waals surface area contributed by atoms with Gasteiger partial charge in [0.15, 0.2) is 0 Å². The smallest absolute Gasteiger partial charge is 0.371 e. The summed E-state index contributed by atoms with van der Waals surface area (Å²) < 4.78 is 11.6. The van der Waals surface area contributed by atoms with Crippen molar-refractivity contribution in [3.63, 3.8) is 0 Å². The molecular weight excluding hydrogens is 462 g/mol. The van der Waals surface area contributed by atoms with Gasteiger partial charge in [0.25, 0.3) is 0 Å². The third-order valence-electron chi connectivity index (χ3n) is 7.67. The van der Waals surface area contributed by atoms with E-state index in [0.29, 0.717) is 12.6 Å². The van der Waals surface area contributed by atoms with Crippen LogP contribution in [0.1, 0.15) is 88.9 Å². The van der Waals surface area contributed by atoms with Crippen molar-refractivity contribution in [3.8, 4) is 28.0 Å². The standard InChI is InChI=1S/C32H41NO4/c1-21(2)33-15-7-8-16-36-28-12-10-22(24-19-29(30(34)35)37-20-24)17-25(28)23-9-11-26-27(18-23)32(5,6)14-13-31(26,3)4/h9-12,17-21,33H,7-8,13-16H2,1-6H3,(H,34,35). The van der Waals surface area contributed by atoms with Crippen LogP contribution >= 0.6 is 0 Å². The Labute approximate surface area is 221 Å². The topological polar surface area (TPSA) is 71.7 Å². The average Bonchev–Trinajstić information content (AvgIpc) is 3.35. The van der Waals surface area contributed by atoms with Crippen molar-refractivity contribution in [3.05, 3.63) is 65.6 Å². The highest BCUT2D eigenvalue weighted by atomic mass is 16.5. The second-order valence-corrected chi connectivity index (χ2v) is 11.9. The lowest BCUT2D eigenvalue weighted by atomic mass is 9.63. The highest BCUT2D eigenvalue weighted by Crippen LogP contribution is 2.47. The number of hydrogen-bond donors (Lipinski definition) is 2. The van der Waals surface area contributed by atoms with Crippen molar-refractivity contribution in [1.82, 2.24) is 5.32 Å². The summed E-state index contributed by atoms with van der Waals surface area (Å²) in [5.41, 5.74) is 6.84. The minimum atomic E-state index is -1.07. The number of furan rings is 1. The van der Waals surface area contributed by atoms with E-state index in [1.807, 2.05) is 12.1 Å². The molecule has 1 aliphatic carbocycles. The van der Waals surface area contributed by atoms with Crippen LogP contribution in [-0.4, -0.2) is 30.3 Å². The van der Waals surface area contributed by atoms with E-state index in [2.05, 4.69) is 71.1 Å². The van der Waals surface area contributed by atoms with Gasteiger partial charge in [-0.3, -0.25) is 0 Å². The summed E-state index contributed by atoms with van der Waals surface area (Å²) in [6, 6.07) is 15.0. The summed E-state index contributed by atoms with van der Waals surface area (Å²) in [6.07, 6.45) is 5.85. The number of fused-ring (bicyclic) bond motifs is 1. The van der Waals surface area contributed by atoms with Gasteiger partial charge < -0.3 is 19.6 Å². The molecule has 0 amide bonds. The molecule has 0 spiro atoms. The lowest BCUT2D eigenvalue weighted by Gasteiger charge is -2.42. The molecule has 3 aromatic rings. The first-order valence-electron chi connectivity index (χ1n) is 13.5. The molecule has 0 saturated heterocycles. The molecule has 0 radical (unpaired) electrons. The van der Waals surface area contributed by atoms with Gasteiger partial charge in [0, 0.05) is 17.2 Å². The molecule has 37 heavy (non-hydrogen) atoms. The fraction of sp³-hybridized carbons (Fsp3) is 0.469. The fourth-order valence-corrected chi connectivity index (χ4v) is 5.22. The van der Waals surface area contributed by atoms with Gasteiger partial charge in [-0.15, -0.1) is 0 Å². The number of carboxylic acids is 1. The lowest BCUT2D eigenvalue weighted by Crippen LogP contribution is -2.33. The first kappa shape index (κ1) is 27.0.